The van der Waals surface area contributed by atoms with Crippen LogP contribution in [0.5, 0.6) is 0 Å². The minimum absolute atomic E-state index is 0.0144. The smallest absolute Gasteiger partial charge is 0.337 e. The Morgan fingerprint density at radius 1 is 1.03 bits per heavy atom. The first kappa shape index (κ1) is 21.5. The number of benzene rings is 2. The van der Waals surface area contributed by atoms with E-state index in [1.54, 1.807) is 48.5 Å². The Hall–Kier alpha value is -3.19. The summed E-state index contributed by atoms with van der Waals surface area (Å²) in [5.74, 6) is -2.35. The lowest BCUT2D eigenvalue weighted by atomic mass is 10.1. The summed E-state index contributed by atoms with van der Waals surface area (Å²) in [5, 5.41) is 0.500. The lowest BCUT2D eigenvalue weighted by molar-refractivity contribution is -0.151. The number of carbonyl (C=O) groups is 4. The lowest BCUT2D eigenvalue weighted by Crippen LogP contribution is -2.30. The summed E-state index contributed by atoms with van der Waals surface area (Å²) < 4.78 is 9.97. The van der Waals surface area contributed by atoms with Crippen LogP contribution >= 0.6 is 11.6 Å². The summed E-state index contributed by atoms with van der Waals surface area (Å²) in [5.41, 5.74) is 1.31. The number of anilines is 1. The molecule has 2 aromatic rings. The fraction of sp³-hybridized carbons (Fsp3) is 0.273. The molecule has 0 radical (unpaired) electrons. The van der Waals surface area contributed by atoms with Crippen LogP contribution in [0.15, 0.2) is 48.5 Å². The molecule has 1 aliphatic rings. The van der Waals surface area contributed by atoms with E-state index in [0.29, 0.717) is 21.8 Å². The summed E-state index contributed by atoms with van der Waals surface area (Å²) in [6.45, 7) is 1.63. The number of ketones is 1. The number of methoxy groups -OCH3 is 1. The highest BCUT2D eigenvalue weighted by molar-refractivity contribution is 6.30. The average molecular weight is 430 g/mol. The van der Waals surface area contributed by atoms with E-state index in [2.05, 4.69) is 4.74 Å². The molecule has 1 fully saturated rings. The summed E-state index contributed by atoms with van der Waals surface area (Å²) in [4.78, 5) is 50.3. The van der Waals surface area contributed by atoms with Crippen molar-refractivity contribution < 1.29 is 28.7 Å². The second-order valence-electron chi connectivity index (χ2n) is 6.89. The Morgan fingerprint density at radius 2 is 1.63 bits per heavy atom. The predicted octanol–water partition coefficient (Wildman–Crippen LogP) is 3.29. The molecule has 2 atom stereocenters. The second-order valence-corrected chi connectivity index (χ2v) is 7.33. The van der Waals surface area contributed by atoms with Gasteiger partial charge in [-0.05, 0) is 55.5 Å². The Morgan fingerprint density at radius 3 is 2.23 bits per heavy atom. The maximum Gasteiger partial charge on any atom is 0.337 e. The molecule has 8 heteroatoms. The Balaban J connectivity index is 1.62. The normalized spacial score (nSPS) is 16.8. The maximum atomic E-state index is 12.5. The van der Waals surface area contributed by atoms with Gasteiger partial charge in [0.2, 0.25) is 11.7 Å². The van der Waals surface area contributed by atoms with Gasteiger partial charge in [0, 0.05) is 29.2 Å². The third kappa shape index (κ3) is 4.68. The number of rotatable bonds is 6. The molecule has 0 N–H and O–H groups in total. The second kappa shape index (κ2) is 9.09. The lowest BCUT2D eigenvalue weighted by Gasteiger charge is -2.18. The molecule has 2 aromatic carbocycles. The molecule has 0 unspecified atom stereocenters. The molecule has 1 amide bonds. The number of halogens is 1. The molecule has 1 aliphatic heterocycles. The topological polar surface area (TPSA) is 90.0 Å². The third-order valence-electron chi connectivity index (χ3n) is 4.85. The van der Waals surface area contributed by atoms with Crippen LogP contribution in [0.25, 0.3) is 0 Å². The van der Waals surface area contributed by atoms with Crippen LogP contribution in [-0.2, 0) is 19.1 Å². The molecule has 30 heavy (non-hydrogen) atoms. The van der Waals surface area contributed by atoms with Gasteiger partial charge in [-0.2, -0.15) is 0 Å². The highest BCUT2D eigenvalue weighted by Gasteiger charge is 2.37. The van der Waals surface area contributed by atoms with Gasteiger partial charge < -0.3 is 14.4 Å². The van der Waals surface area contributed by atoms with Gasteiger partial charge >= 0.3 is 11.9 Å². The summed E-state index contributed by atoms with van der Waals surface area (Å²) in [7, 11) is 1.29. The van der Waals surface area contributed by atoms with E-state index in [-0.39, 0.29) is 24.7 Å². The zero-order valence-electron chi connectivity index (χ0n) is 16.5. The van der Waals surface area contributed by atoms with Crippen LogP contribution in [0.2, 0.25) is 5.02 Å². The molecule has 156 valence electrons. The molecule has 0 spiro atoms. The quantitative estimate of drug-likeness (QED) is 0.517. The van der Waals surface area contributed by atoms with Gasteiger partial charge in [-0.1, -0.05) is 11.6 Å². The number of hydrogen-bond acceptors (Lipinski definition) is 6. The fourth-order valence-electron chi connectivity index (χ4n) is 3.18. The molecule has 0 saturated carbocycles. The zero-order valence-corrected chi connectivity index (χ0v) is 17.2. The Bertz CT molecular complexity index is 970. The molecule has 0 aliphatic carbocycles. The number of esters is 2. The molecule has 3 rings (SSSR count). The van der Waals surface area contributed by atoms with E-state index in [4.69, 9.17) is 16.3 Å². The van der Waals surface area contributed by atoms with Gasteiger partial charge in [0.05, 0.1) is 18.6 Å². The number of nitrogens with zero attached hydrogens (tertiary/aromatic N) is 1. The van der Waals surface area contributed by atoms with E-state index >= 15 is 0 Å². The van der Waals surface area contributed by atoms with Crippen molar-refractivity contribution >= 4 is 40.9 Å². The highest BCUT2D eigenvalue weighted by atomic mass is 35.5. The van der Waals surface area contributed by atoms with Crippen molar-refractivity contribution in [1.29, 1.82) is 0 Å². The SMILES string of the molecule is COC(=O)c1ccc(N2C[C@@H](C(=O)O[C@@H](C)C(=O)c3ccc(Cl)cc3)CC2=O)cc1. The van der Waals surface area contributed by atoms with Gasteiger partial charge in [-0.3, -0.25) is 14.4 Å². The zero-order chi connectivity index (χ0) is 21.8. The number of carbonyl (C=O) groups excluding carboxylic acids is 4. The van der Waals surface area contributed by atoms with Gasteiger partial charge in [-0.15, -0.1) is 0 Å². The van der Waals surface area contributed by atoms with Crippen molar-refractivity contribution in [1.82, 2.24) is 0 Å². The molecule has 1 saturated heterocycles. The summed E-state index contributed by atoms with van der Waals surface area (Å²) in [6.07, 6.45) is -0.999. The van der Waals surface area contributed by atoms with E-state index in [9.17, 15) is 19.2 Å². The van der Waals surface area contributed by atoms with E-state index in [1.165, 1.54) is 18.9 Å². The summed E-state index contributed by atoms with van der Waals surface area (Å²) >= 11 is 5.82. The van der Waals surface area contributed by atoms with Crippen molar-refractivity contribution in [2.24, 2.45) is 5.92 Å². The van der Waals surface area contributed by atoms with Gasteiger partial charge in [-0.25, -0.2) is 4.79 Å². The average Bonchev–Trinajstić information content (AvgIpc) is 3.15. The first-order valence-electron chi connectivity index (χ1n) is 9.29. The summed E-state index contributed by atoms with van der Waals surface area (Å²) in [6, 6.07) is 12.6. The van der Waals surface area contributed by atoms with Crippen molar-refractivity contribution in [2.75, 3.05) is 18.6 Å². The van der Waals surface area contributed by atoms with E-state index < -0.39 is 24.0 Å². The van der Waals surface area contributed by atoms with Crippen LogP contribution < -0.4 is 4.90 Å². The van der Waals surface area contributed by atoms with Crippen LogP contribution in [0.4, 0.5) is 5.69 Å². The Kier molecular flexibility index (Phi) is 6.52. The minimum atomic E-state index is -0.984. The van der Waals surface area contributed by atoms with E-state index in [0.717, 1.165) is 0 Å². The van der Waals surface area contributed by atoms with Gasteiger partial charge in [0.15, 0.2) is 6.10 Å². The molecule has 7 nitrogen and oxygen atoms in total. The first-order chi connectivity index (χ1) is 14.3. The minimum Gasteiger partial charge on any atom is -0.465 e. The third-order valence-corrected chi connectivity index (χ3v) is 5.10. The number of hydrogen-bond donors (Lipinski definition) is 0. The predicted molar refractivity (Wildman–Crippen MR) is 110 cm³/mol. The van der Waals surface area contributed by atoms with E-state index in [1.807, 2.05) is 0 Å². The number of ether oxygens (including phenoxy) is 2. The van der Waals surface area contributed by atoms with Crippen LogP contribution in [-0.4, -0.2) is 43.4 Å². The molecular formula is C22H20ClNO6. The molecular weight excluding hydrogens is 410 g/mol. The van der Waals surface area contributed by atoms with Crippen molar-refractivity contribution in [3.8, 4) is 0 Å². The highest BCUT2D eigenvalue weighted by Crippen LogP contribution is 2.27. The van der Waals surface area contributed by atoms with Gasteiger partial charge in [0.25, 0.3) is 0 Å². The number of Topliss-reactive ketones (excluding diaryl/α,β-unsaturated/α-hetero) is 1. The molecule has 0 bridgehead atoms. The van der Waals surface area contributed by atoms with Crippen molar-refractivity contribution in [3.63, 3.8) is 0 Å². The largest absolute Gasteiger partial charge is 0.465 e. The van der Waals surface area contributed by atoms with Crippen LogP contribution in [0.3, 0.4) is 0 Å². The van der Waals surface area contributed by atoms with Crippen molar-refractivity contribution in [3.05, 3.63) is 64.7 Å². The van der Waals surface area contributed by atoms with Crippen molar-refractivity contribution in [2.45, 2.75) is 19.4 Å². The fourth-order valence-corrected chi connectivity index (χ4v) is 3.31. The standard InChI is InChI=1S/C22H20ClNO6/c1-13(20(26)14-3-7-17(23)8-4-14)30-22(28)16-11-19(25)24(12-16)18-9-5-15(6-10-18)21(27)29-2/h3-10,13,16H,11-12H2,1-2H3/t13-,16-/m0/s1. The maximum absolute atomic E-state index is 12.5. The molecule has 1 heterocycles. The van der Waals surface area contributed by atoms with Crippen LogP contribution in [0, 0.1) is 5.92 Å². The monoisotopic (exact) mass is 429 g/mol. The first-order valence-corrected chi connectivity index (χ1v) is 9.67. The molecule has 0 aromatic heterocycles. The van der Waals surface area contributed by atoms with Gasteiger partial charge in [0.1, 0.15) is 0 Å². The van der Waals surface area contributed by atoms with Crippen LogP contribution in [0.1, 0.15) is 34.1 Å². The number of amides is 1. The Labute approximate surface area is 178 Å².